The van der Waals surface area contributed by atoms with E-state index in [9.17, 15) is 4.79 Å². The summed E-state index contributed by atoms with van der Waals surface area (Å²) in [5.41, 5.74) is 0. The molecule has 0 rings (SSSR count). The van der Waals surface area contributed by atoms with E-state index in [4.69, 9.17) is 5.11 Å². The SMILES string of the molecule is COC(=O)CCCSCC(O)OC. The van der Waals surface area contributed by atoms with Gasteiger partial charge in [-0.15, -0.1) is 0 Å². The van der Waals surface area contributed by atoms with Gasteiger partial charge in [-0.05, 0) is 12.2 Å². The Labute approximate surface area is 82.6 Å². The maximum absolute atomic E-state index is 10.7. The molecule has 5 heteroatoms. The van der Waals surface area contributed by atoms with Gasteiger partial charge in [0.05, 0.1) is 7.11 Å². The van der Waals surface area contributed by atoms with E-state index in [0.717, 1.165) is 12.2 Å². The predicted octanol–water partition coefficient (Wildman–Crippen LogP) is 0.638. The van der Waals surface area contributed by atoms with Crippen molar-refractivity contribution in [2.45, 2.75) is 19.1 Å². The highest BCUT2D eigenvalue weighted by atomic mass is 32.2. The number of hydrogen-bond donors (Lipinski definition) is 1. The van der Waals surface area contributed by atoms with E-state index >= 15 is 0 Å². The summed E-state index contributed by atoms with van der Waals surface area (Å²) in [4.78, 5) is 10.7. The monoisotopic (exact) mass is 208 g/mol. The summed E-state index contributed by atoms with van der Waals surface area (Å²) < 4.78 is 9.12. The molecule has 0 saturated carbocycles. The Morgan fingerprint density at radius 1 is 1.54 bits per heavy atom. The average molecular weight is 208 g/mol. The van der Waals surface area contributed by atoms with Crippen molar-refractivity contribution >= 4 is 17.7 Å². The summed E-state index contributed by atoms with van der Waals surface area (Å²) in [6, 6.07) is 0. The summed E-state index contributed by atoms with van der Waals surface area (Å²) in [6.07, 6.45) is 0.503. The van der Waals surface area contributed by atoms with Crippen molar-refractivity contribution in [3.05, 3.63) is 0 Å². The van der Waals surface area contributed by atoms with E-state index in [2.05, 4.69) is 9.47 Å². The molecule has 0 radical (unpaired) electrons. The maximum Gasteiger partial charge on any atom is 0.305 e. The second-order valence-corrected chi connectivity index (χ2v) is 3.59. The first-order chi connectivity index (χ1) is 6.20. The summed E-state index contributed by atoms with van der Waals surface area (Å²) >= 11 is 1.56. The highest BCUT2D eigenvalue weighted by molar-refractivity contribution is 7.99. The molecule has 0 aromatic carbocycles. The highest BCUT2D eigenvalue weighted by Gasteiger charge is 2.02. The lowest BCUT2D eigenvalue weighted by atomic mass is 10.3. The zero-order chi connectivity index (χ0) is 10.1. The van der Waals surface area contributed by atoms with Crippen molar-refractivity contribution < 1.29 is 19.4 Å². The Morgan fingerprint density at radius 3 is 2.77 bits per heavy atom. The zero-order valence-electron chi connectivity index (χ0n) is 7.99. The molecule has 0 aliphatic rings. The number of aliphatic hydroxyl groups excluding tert-OH is 1. The van der Waals surface area contributed by atoms with Crippen LogP contribution >= 0.6 is 11.8 Å². The van der Waals surface area contributed by atoms with Gasteiger partial charge in [-0.25, -0.2) is 0 Å². The first-order valence-electron chi connectivity index (χ1n) is 4.06. The average Bonchev–Trinajstić information content (AvgIpc) is 2.16. The highest BCUT2D eigenvalue weighted by Crippen LogP contribution is 2.07. The largest absolute Gasteiger partial charge is 0.469 e. The smallest absolute Gasteiger partial charge is 0.305 e. The van der Waals surface area contributed by atoms with E-state index in [0.29, 0.717) is 12.2 Å². The third-order valence-corrected chi connectivity index (χ3v) is 2.53. The van der Waals surface area contributed by atoms with Crippen LogP contribution in [0.5, 0.6) is 0 Å². The van der Waals surface area contributed by atoms with Crippen molar-refractivity contribution in [3.63, 3.8) is 0 Å². The summed E-state index contributed by atoms with van der Waals surface area (Å²) in [5, 5.41) is 8.98. The van der Waals surface area contributed by atoms with Gasteiger partial charge >= 0.3 is 5.97 Å². The molecule has 0 saturated heterocycles. The molecule has 0 heterocycles. The van der Waals surface area contributed by atoms with E-state index in [1.807, 2.05) is 0 Å². The first-order valence-corrected chi connectivity index (χ1v) is 5.21. The van der Waals surface area contributed by atoms with Crippen LogP contribution in [-0.4, -0.2) is 43.1 Å². The minimum atomic E-state index is -0.705. The number of esters is 1. The molecule has 0 amide bonds. The molecule has 0 aromatic rings. The van der Waals surface area contributed by atoms with Crippen LogP contribution in [-0.2, 0) is 14.3 Å². The van der Waals surface area contributed by atoms with E-state index < -0.39 is 6.29 Å². The van der Waals surface area contributed by atoms with Crippen LogP contribution in [0, 0.1) is 0 Å². The van der Waals surface area contributed by atoms with Gasteiger partial charge in [-0.2, -0.15) is 11.8 Å². The van der Waals surface area contributed by atoms with Crippen molar-refractivity contribution in [1.82, 2.24) is 0 Å². The Bertz CT molecular complexity index is 140. The molecule has 1 atom stereocenters. The first kappa shape index (κ1) is 12.7. The molecule has 13 heavy (non-hydrogen) atoms. The minimum absolute atomic E-state index is 0.187. The Morgan fingerprint density at radius 2 is 2.23 bits per heavy atom. The number of methoxy groups -OCH3 is 2. The van der Waals surface area contributed by atoms with Crippen molar-refractivity contribution in [2.75, 3.05) is 25.7 Å². The zero-order valence-corrected chi connectivity index (χ0v) is 8.80. The fourth-order valence-corrected chi connectivity index (χ4v) is 1.53. The van der Waals surface area contributed by atoms with Crippen LogP contribution in [0.25, 0.3) is 0 Å². The molecule has 1 N–H and O–H groups in total. The molecule has 0 spiro atoms. The van der Waals surface area contributed by atoms with Crippen molar-refractivity contribution in [1.29, 1.82) is 0 Å². The predicted molar refractivity (Wildman–Crippen MR) is 51.6 cm³/mol. The number of ether oxygens (including phenoxy) is 2. The number of thioether (sulfide) groups is 1. The number of rotatable bonds is 7. The molecule has 1 unspecified atom stereocenters. The van der Waals surface area contributed by atoms with Crippen LogP contribution in [0.3, 0.4) is 0 Å². The Balaban J connectivity index is 3.12. The molecule has 0 fully saturated rings. The van der Waals surface area contributed by atoms with Gasteiger partial charge in [-0.3, -0.25) is 4.79 Å². The third kappa shape index (κ3) is 8.08. The van der Waals surface area contributed by atoms with Crippen LogP contribution in [0.2, 0.25) is 0 Å². The van der Waals surface area contributed by atoms with E-state index in [1.165, 1.54) is 14.2 Å². The number of aliphatic hydroxyl groups is 1. The van der Waals surface area contributed by atoms with Crippen LogP contribution in [0.15, 0.2) is 0 Å². The lowest BCUT2D eigenvalue weighted by Gasteiger charge is -2.06. The number of carbonyl (C=O) groups is 1. The van der Waals surface area contributed by atoms with E-state index in [-0.39, 0.29) is 5.97 Å². The number of hydrogen-bond acceptors (Lipinski definition) is 5. The molecule has 0 aliphatic heterocycles. The third-order valence-electron chi connectivity index (χ3n) is 1.43. The van der Waals surface area contributed by atoms with Crippen molar-refractivity contribution in [2.24, 2.45) is 0 Å². The lowest BCUT2D eigenvalue weighted by Crippen LogP contribution is -2.12. The molecule has 4 nitrogen and oxygen atoms in total. The molecule has 0 aromatic heterocycles. The summed E-state index contributed by atoms with van der Waals surface area (Å²) in [7, 11) is 2.84. The maximum atomic E-state index is 10.7. The fourth-order valence-electron chi connectivity index (χ4n) is 0.673. The molecule has 78 valence electrons. The van der Waals surface area contributed by atoms with Gasteiger partial charge in [0.15, 0.2) is 6.29 Å². The summed E-state index contributed by atoms with van der Waals surface area (Å²) in [5.74, 6) is 1.18. The number of carbonyl (C=O) groups excluding carboxylic acids is 1. The van der Waals surface area contributed by atoms with Crippen molar-refractivity contribution in [3.8, 4) is 0 Å². The van der Waals surface area contributed by atoms with Gasteiger partial charge in [-0.1, -0.05) is 0 Å². The Hall–Kier alpha value is -0.260. The van der Waals surface area contributed by atoms with Gasteiger partial charge in [0, 0.05) is 19.3 Å². The topological polar surface area (TPSA) is 55.8 Å². The van der Waals surface area contributed by atoms with Gasteiger partial charge in [0.2, 0.25) is 0 Å². The van der Waals surface area contributed by atoms with Gasteiger partial charge in [0.25, 0.3) is 0 Å². The Kier molecular flexibility index (Phi) is 8.18. The second kappa shape index (κ2) is 8.34. The van der Waals surface area contributed by atoms with Gasteiger partial charge < -0.3 is 14.6 Å². The minimum Gasteiger partial charge on any atom is -0.469 e. The normalized spacial score (nSPS) is 12.5. The van der Waals surface area contributed by atoms with E-state index in [1.54, 1.807) is 11.8 Å². The molecular formula is C8H16O4S. The molecule has 0 bridgehead atoms. The quantitative estimate of drug-likeness (QED) is 0.378. The molecular weight excluding hydrogens is 192 g/mol. The lowest BCUT2D eigenvalue weighted by molar-refractivity contribution is -0.140. The summed E-state index contributed by atoms with van der Waals surface area (Å²) in [6.45, 7) is 0. The van der Waals surface area contributed by atoms with Gasteiger partial charge in [0.1, 0.15) is 0 Å². The fraction of sp³-hybridized carbons (Fsp3) is 0.875. The molecule has 0 aliphatic carbocycles. The van der Waals surface area contributed by atoms with Crippen LogP contribution in [0.1, 0.15) is 12.8 Å². The second-order valence-electron chi connectivity index (χ2n) is 2.44. The standard InChI is InChI=1S/C8H16O4S/c1-11-7(9)4-3-5-13-6-8(10)12-2/h8,10H,3-6H2,1-2H3. The van der Waals surface area contributed by atoms with Crippen LogP contribution in [0.4, 0.5) is 0 Å². The van der Waals surface area contributed by atoms with Crippen LogP contribution < -0.4 is 0 Å².